The molecule has 1 atom stereocenters. The predicted molar refractivity (Wildman–Crippen MR) is 83.9 cm³/mol. The lowest BCUT2D eigenvalue weighted by Gasteiger charge is -2.35. The van der Waals surface area contributed by atoms with E-state index in [2.05, 4.69) is 44.3 Å². The number of halogens is 2. The van der Waals surface area contributed by atoms with E-state index < -0.39 is 5.92 Å². The fraction of sp³-hybridized carbons (Fsp3) is 0.667. The topological polar surface area (TPSA) is 12.0 Å². The van der Waals surface area contributed by atoms with Gasteiger partial charge in [-0.05, 0) is 56.7 Å². The number of benzene rings is 1. The summed E-state index contributed by atoms with van der Waals surface area (Å²) in [6, 6.07) is 6.69. The van der Waals surface area contributed by atoms with Crippen molar-refractivity contribution >= 4 is 0 Å². The molecule has 3 heteroatoms. The molecule has 1 aliphatic carbocycles. The van der Waals surface area contributed by atoms with Gasteiger partial charge in [0.1, 0.15) is 0 Å². The Hall–Kier alpha value is -0.960. The Kier molecular flexibility index (Phi) is 5.37. The van der Waals surface area contributed by atoms with Gasteiger partial charge in [-0.1, -0.05) is 30.7 Å². The molecule has 0 aliphatic heterocycles. The highest BCUT2D eigenvalue weighted by Crippen LogP contribution is 2.42. The van der Waals surface area contributed by atoms with Crippen molar-refractivity contribution in [2.75, 3.05) is 6.54 Å². The molecule has 1 unspecified atom stereocenters. The summed E-state index contributed by atoms with van der Waals surface area (Å²) in [7, 11) is 0. The molecule has 0 saturated heterocycles. The van der Waals surface area contributed by atoms with E-state index in [9.17, 15) is 8.78 Å². The average molecular weight is 295 g/mol. The van der Waals surface area contributed by atoms with Crippen LogP contribution < -0.4 is 5.32 Å². The second-order valence-corrected chi connectivity index (χ2v) is 6.49. The maximum absolute atomic E-state index is 13.4. The number of rotatable bonds is 5. The molecule has 2 rings (SSSR count). The highest BCUT2D eigenvalue weighted by Gasteiger charge is 2.38. The van der Waals surface area contributed by atoms with Crippen LogP contribution in [0.15, 0.2) is 18.2 Å². The summed E-state index contributed by atoms with van der Waals surface area (Å²) in [6.45, 7) is 7.29. The first-order valence-corrected chi connectivity index (χ1v) is 8.11. The molecule has 1 N–H and O–H groups in total. The minimum Gasteiger partial charge on any atom is -0.310 e. The number of hydrogen-bond donors (Lipinski definition) is 1. The second kappa shape index (κ2) is 6.87. The number of aryl methyl sites for hydroxylation is 2. The van der Waals surface area contributed by atoms with Crippen LogP contribution in [0.25, 0.3) is 0 Å². The fourth-order valence-corrected chi connectivity index (χ4v) is 3.40. The van der Waals surface area contributed by atoms with E-state index in [1.807, 2.05) is 0 Å². The fourth-order valence-electron chi connectivity index (χ4n) is 3.40. The Labute approximate surface area is 127 Å². The van der Waals surface area contributed by atoms with Crippen LogP contribution in [-0.4, -0.2) is 12.5 Å². The van der Waals surface area contributed by atoms with Gasteiger partial charge >= 0.3 is 0 Å². The zero-order valence-electron chi connectivity index (χ0n) is 13.4. The number of alkyl halides is 2. The molecular formula is C18H27F2N. The standard InChI is InChI=1S/C18H27F2N/c1-4-11-21-17(15-7-9-18(19,20)10-8-15)16-6-5-13(2)12-14(16)3/h5-6,12,15,17,21H,4,7-11H2,1-3H3. The summed E-state index contributed by atoms with van der Waals surface area (Å²) in [5.41, 5.74) is 3.80. The van der Waals surface area contributed by atoms with Gasteiger partial charge in [0.05, 0.1) is 0 Å². The largest absolute Gasteiger partial charge is 0.310 e. The Morgan fingerprint density at radius 3 is 2.48 bits per heavy atom. The Balaban J connectivity index is 2.18. The van der Waals surface area contributed by atoms with Gasteiger partial charge in [-0.2, -0.15) is 0 Å². The first-order valence-electron chi connectivity index (χ1n) is 8.11. The SMILES string of the molecule is CCCNC(c1ccc(C)cc1C)C1CCC(F)(F)CC1. The van der Waals surface area contributed by atoms with Gasteiger partial charge < -0.3 is 5.32 Å². The lowest BCUT2D eigenvalue weighted by Crippen LogP contribution is -2.34. The Morgan fingerprint density at radius 1 is 1.24 bits per heavy atom. The van der Waals surface area contributed by atoms with E-state index in [0.29, 0.717) is 18.8 Å². The highest BCUT2D eigenvalue weighted by atomic mass is 19.3. The third-order valence-electron chi connectivity index (χ3n) is 4.61. The van der Waals surface area contributed by atoms with E-state index in [1.54, 1.807) is 0 Å². The molecule has 0 amide bonds. The summed E-state index contributed by atoms with van der Waals surface area (Å²) < 4.78 is 26.8. The van der Waals surface area contributed by atoms with E-state index in [4.69, 9.17) is 0 Å². The summed E-state index contributed by atoms with van der Waals surface area (Å²) >= 11 is 0. The van der Waals surface area contributed by atoms with Crippen molar-refractivity contribution in [1.29, 1.82) is 0 Å². The van der Waals surface area contributed by atoms with Crippen molar-refractivity contribution in [2.45, 2.75) is 64.8 Å². The lowest BCUT2D eigenvalue weighted by atomic mass is 9.78. The highest BCUT2D eigenvalue weighted by molar-refractivity contribution is 5.33. The summed E-state index contributed by atoms with van der Waals surface area (Å²) in [4.78, 5) is 0. The van der Waals surface area contributed by atoms with E-state index in [0.717, 1.165) is 13.0 Å². The number of hydrogen-bond acceptors (Lipinski definition) is 1. The second-order valence-electron chi connectivity index (χ2n) is 6.49. The molecule has 0 radical (unpaired) electrons. The first-order chi connectivity index (χ1) is 9.93. The number of nitrogens with one attached hydrogen (secondary N) is 1. The Morgan fingerprint density at radius 2 is 1.90 bits per heavy atom. The van der Waals surface area contributed by atoms with Crippen LogP contribution in [0.1, 0.15) is 61.8 Å². The van der Waals surface area contributed by atoms with E-state index >= 15 is 0 Å². The molecule has 21 heavy (non-hydrogen) atoms. The third kappa shape index (κ3) is 4.26. The third-order valence-corrected chi connectivity index (χ3v) is 4.61. The van der Waals surface area contributed by atoms with Gasteiger partial charge in [0.25, 0.3) is 0 Å². The van der Waals surface area contributed by atoms with E-state index in [-0.39, 0.29) is 18.9 Å². The van der Waals surface area contributed by atoms with Crippen molar-refractivity contribution in [2.24, 2.45) is 5.92 Å². The van der Waals surface area contributed by atoms with Gasteiger partial charge in [-0.15, -0.1) is 0 Å². The molecule has 0 spiro atoms. The maximum atomic E-state index is 13.4. The summed E-state index contributed by atoms with van der Waals surface area (Å²) in [5, 5.41) is 3.60. The summed E-state index contributed by atoms with van der Waals surface area (Å²) in [6.07, 6.45) is 2.35. The molecule has 1 fully saturated rings. The van der Waals surface area contributed by atoms with Crippen molar-refractivity contribution in [3.05, 3.63) is 34.9 Å². The van der Waals surface area contributed by atoms with Gasteiger partial charge in [-0.25, -0.2) is 8.78 Å². The minimum absolute atomic E-state index is 0.0346. The van der Waals surface area contributed by atoms with Crippen LogP contribution >= 0.6 is 0 Å². The molecule has 1 aromatic carbocycles. The monoisotopic (exact) mass is 295 g/mol. The molecule has 1 aliphatic rings. The molecular weight excluding hydrogens is 268 g/mol. The molecule has 1 nitrogen and oxygen atoms in total. The molecule has 1 saturated carbocycles. The van der Waals surface area contributed by atoms with E-state index in [1.165, 1.54) is 16.7 Å². The van der Waals surface area contributed by atoms with Crippen LogP contribution in [-0.2, 0) is 0 Å². The van der Waals surface area contributed by atoms with Crippen molar-refractivity contribution < 1.29 is 8.78 Å². The maximum Gasteiger partial charge on any atom is 0.248 e. The average Bonchev–Trinajstić information content (AvgIpc) is 2.42. The normalized spacial score (nSPS) is 20.4. The van der Waals surface area contributed by atoms with Crippen LogP contribution in [0.2, 0.25) is 0 Å². The van der Waals surface area contributed by atoms with Gasteiger partial charge in [0, 0.05) is 18.9 Å². The summed E-state index contributed by atoms with van der Waals surface area (Å²) in [5.74, 6) is -2.13. The molecule has 0 heterocycles. The molecule has 1 aromatic rings. The zero-order valence-corrected chi connectivity index (χ0v) is 13.4. The van der Waals surface area contributed by atoms with Crippen molar-refractivity contribution in [3.8, 4) is 0 Å². The van der Waals surface area contributed by atoms with Crippen LogP contribution in [0.4, 0.5) is 8.78 Å². The quantitative estimate of drug-likeness (QED) is 0.790. The van der Waals surface area contributed by atoms with Gasteiger partial charge in [0.15, 0.2) is 0 Å². The molecule has 118 valence electrons. The lowest BCUT2D eigenvalue weighted by molar-refractivity contribution is -0.0497. The van der Waals surface area contributed by atoms with Crippen LogP contribution in [0.3, 0.4) is 0 Å². The zero-order chi connectivity index (χ0) is 15.5. The smallest absolute Gasteiger partial charge is 0.248 e. The van der Waals surface area contributed by atoms with Crippen molar-refractivity contribution in [3.63, 3.8) is 0 Å². The Bertz CT molecular complexity index is 460. The van der Waals surface area contributed by atoms with Crippen molar-refractivity contribution in [1.82, 2.24) is 5.32 Å². The van der Waals surface area contributed by atoms with Crippen LogP contribution in [0, 0.1) is 19.8 Å². The predicted octanol–water partition coefficient (Wildman–Crippen LogP) is 5.17. The minimum atomic E-state index is -2.45. The molecule has 0 aromatic heterocycles. The van der Waals surface area contributed by atoms with Crippen LogP contribution in [0.5, 0.6) is 0 Å². The molecule has 0 bridgehead atoms. The van der Waals surface area contributed by atoms with Gasteiger partial charge in [-0.3, -0.25) is 0 Å². The first kappa shape index (κ1) is 16.4. The van der Waals surface area contributed by atoms with Gasteiger partial charge in [0.2, 0.25) is 5.92 Å².